The molecule has 25 heavy (non-hydrogen) atoms. The summed E-state index contributed by atoms with van der Waals surface area (Å²) < 4.78 is 25.4. The first-order chi connectivity index (χ1) is 11.8. The van der Waals surface area contributed by atoms with Gasteiger partial charge in [-0.3, -0.25) is 4.79 Å². The van der Waals surface area contributed by atoms with Crippen LogP contribution in [0.25, 0.3) is 11.0 Å². The van der Waals surface area contributed by atoms with Gasteiger partial charge in [-0.05, 0) is 42.8 Å². The molecule has 0 aliphatic heterocycles. The van der Waals surface area contributed by atoms with Crippen LogP contribution in [0.1, 0.15) is 41.1 Å². The Morgan fingerprint density at radius 1 is 1.16 bits per heavy atom. The third-order valence-electron chi connectivity index (χ3n) is 3.76. The monoisotopic (exact) mass is 383 g/mol. The van der Waals surface area contributed by atoms with Gasteiger partial charge in [0.2, 0.25) is 0 Å². The number of carbonyl (C=O) groups is 1. The largest absolute Gasteiger partial charge is 0.346 e. The Balaban J connectivity index is 1.80. The molecule has 130 valence electrons. The number of fused-ring (bicyclic) bond motifs is 1. The number of aromatic nitrogens is 2. The number of hydrogen-bond acceptors (Lipinski definition) is 2. The van der Waals surface area contributed by atoms with Crippen molar-refractivity contribution >= 4 is 40.1 Å². The quantitative estimate of drug-likeness (QED) is 0.642. The number of H-pyrrole nitrogens is 1. The Labute approximate surface area is 152 Å². The maximum Gasteiger partial charge on any atom is 0.295 e. The highest BCUT2D eigenvalue weighted by Gasteiger charge is 2.16. The van der Waals surface area contributed by atoms with Gasteiger partial charge in [0.05, 0.1) is 27.1 Å². The first-order valence-corrected chi connectivity index (χ1v) is 8.14. The van der Waals surface area contributed by atoms with Crippen LogP contribution in [-0.2, 0) is 0 Å². The molecule has 0 fully saturated rings. The number of imidazole rings is 1. The second kappa shape index (κ2) is 6.98. The Hall–Kier alpha value is -2.18. The first kappa shape index (κ1) is 17.6. The van der Waals surface area contributed by atoms with E-state index in [9.17, 15) is 13.6 Å². The number of nitrogens with zero attached hydrogens (tertiary/aromatic N) is 1. The summed E-state index contributed by atoms with van der Waals surface area (Å²) in [5.41, 5.74) is 1.89. The Morgan fingerprint density at radius 2 is 1.92 bits per heavy atom. The molecular weight excluding hydrogens is 371 g/mol. The van der Waals surface area contributed by atoms with Gasteiger partial charge in [-0.2, -0.15) is 0 Å². The molecular formula is C17H13Cl2F2N3O. The van der Waals surface area contributed by atoms with Crippen molar-refractivity contribution in [1.82, 2.24) is 15.3 Å². The van der Waals surface area contributed by atoms with Crippen LogP contribution in [0.5, 0.6) is 0 Å². The molecule has 2 N–H and O–H groups in total. The molecule has 0 bridgehead atoms. The molecule has 2 aromatic carbocycles. The molecule has 1 amide bonds. The Kier molecular flexibility index (Phi) is 4.92. The van der Waals surface area contributed by atoms with Crippen LogP contribution in [-0.4, -0.2) is 15.9 Å². The van der Waals surface area contributed by atoms with Gasteiger partial charge in [0.1, 0.15) is 0 Å². The predicted octanol–water partition coefficient (Wildman–Crippen LogP) is 5.30. The molecule has 0 saturated carbocycles. The number of carbonyl (C=O) groups excluding carboxylic acids is 1. The van der Waals surface area contributed by atoms with E-state index in [1.165, 1.54) is 18.2 Å². The minimum Gasteiger partial charge on any atom is -0.346 e. The SMILES string of the molecule is CC(NC(=O)c1ccc2nc(C(F)F)[nH]c2c1)c1ccc(Cl)c(Cl)c1. The maximum absolute atomic E-state index is 12.7. The fourth-order valence-corrected chi connectivity index (χ4v) is 2.73. The standard InChI is InChI=1S/C17H13Cl2F2N3O/c1-8(9-2-4-11(18)12(19)6-9)22-17(25)10-3-5-13-14(7-10)24-16(23-13)15(20)21/h2-8,15H,1H3,(H,22,25)(H,23,24). The third kappa shape index (κ3) is 3.75. The lowest BCUT2D eigenvalue weighted by atomic mass is 10.1. The van der Waals surface area contributed by atoms with Crippen molar-refractivity contribution in [3.63, 3.8) is 0 Å². The predicted molar refractivity (Wildman–Crippen MR) is 93.4 cm³/mol. The van der Waals surface area contributed by atoms with Crippen LogP contribution in [0.15, 0.2) is 36.4 Å². The fourth-order valence-electron chi connectivity index (χ4n) is 2.42. The fraction of sp³-hybridized carbons (Fsp3) is 0.176. The van der Waals surface area contributed by atoms with Gasteiger partial charge in [0.25, 0.3) is 12.3 Å². The van der Waals surface area contributed by atoms with Crippen molar-refractivity contribution in [1.29, 1.82) is 0 Å². The van der Waals surface area contributed by atoms with Crippen molar-refractivity contribution in [2.45, 2.75) is 19.4 Å². The molecule has 0 saturated heterocycles. The van der Waals surface area contributed by atoms with E-state index in [1.54, 1.807) is 25.1 Å². The molecule has 1 atom stereocenters. The van der Waals surface area contributed by atoms with Crippen molar-refractivity contribution in [2.75, 3.05) is 0 Å². The Morgan fingerprint density at radius 3 is 2.60 bits per heavy atom. The summed E-state index contributed by atoms with van der Waals surface area (Å²) in [6.45, 7) is 1.81. The smallest absolute Gasteiger partial charge is 0.295 e. The normalized spacial score (nSPS) is 12.6. The van der Waals surface area contributed by atoms with Gasteiger partial charge >= 0.3 is 0 Å². The van der Waals surface area contributed by atoms with E-state index in [1.807, 2.05) is 0 Å². The second-order valence-electron chi connectivity index (χ2n) is 5.52. The molecule has 3 aromatic rings. The molecule has 4 nitrogen and oxygen atoms in total. The summed E-state index contributed by atoms with van der Waals surface area (Å²) >= 11 is 11.9. The van der Waals surface area contributed by atoms with E-state index in [2.05, 4.69) is 15.3 Å². The number of nitrogens with one attached hydrogen (secondary N) is 2. The summed E-state index contributed by atoms with van der Waals surface area (Å²) in [5.74, 6) is -0.759. The van der Waals surface area contributed by atoms with E-state index in [-0.39, 0.29) is 11.9 Å². The van der Waals surface area contributed by atoms with E-state index < -0.39 is 12.2 Å². The van der Waals surface area contributed by atoms with E-state index in [4.69, 9.17) is 23.2 Å². The lowest BCUT2D eigenvalue weighted by Crippen LogP contribution is -2.26. The van der Waals surface area contributed by atoms with Crippen LogP contribution >= 0.6 is 23.2 Å². The number of halogens is 4. The molecule has 3 rings (SSSR count). The van der Waals surface area contributed by atoms with E-state index in [0.29, 0.717) is 26.6 Å². The summed E-state index contributed by atoms with van der Waals surface area (Å²) in [6.07, 6.45) is -2.70. The van der Waals surface area contributed by atoms with E-state index >= 15 is 0 Å². The maximum atomic E-state index is 12.7. The highest BCUT2D eigenvalue weighted by molar-refractivity contribution is 6.42. The van der Waals surface area contributed by atoms with E-state index in [0.717, 1.165) is 5.56 Å². The van der Waals surface area contributed by atoms with Crippen molar-refractivity contribution < 1.29 is 13.6 Å². The highest BCUT2D eigenvalue weighted by atomic mass is 35.5. The third-order valence-corrected chi connectivity index (χ3v) is 4.50. The van der Waals surface area contributed by atoms with Gasteiger partial charge in [-0.1, -0.05) is 29.3 Å². The summed E-state index contributed by atoms with van der Waals surface area (Å²) in [5, 5.41) is 3.67. The van der Waals surface area contributed by atoms with Crippen LogP contribution in [0, 0.1) is 0 Å². The molecule has 0 radical (unpaired) electrons. The zero-order valence-corrected chi connectivity index (χ0v) is 14.5. The molecule has 8 heteroatoms. The van der Waals surface area contributed by atoms with Gasteiger partial charge in [-0.15, -0.1) is 0 Å². The van der Waals surface area contributed by atoms with Crippen molar-refractivity contribution in [3.05, 3.63) is 63.4 Å². The molecule has 0 aliphatic rings. The number of amides is 1. The lowest BCUT2D eigenvalue weighted by molar-refractivity contribution is 0.0940. The van der Waals surface area contributed by atoms with Crippen molar-refractivity contribution in [2.24, 2.45) is 0 Å². The summed E-state index contributed by atoms with van der Waals surface area (Å²) in [4.78, 5) is 18.7. The molecule has 1 aromatic heterocycles. The second-order valence-corrected chi connectivity index (χ2v) is 6.34. The van der Waals surface area contributed by atoms with Crippen LogP contribution in [0.4, 0.5) is 8.78 Å². The number of benzene rings is 2. The van der Waals surface area contributed by atoms with Gasteiger partial charge in [-0.25, -0.2) is 13.8 Å². The molecule has 0 aliphatic carbocycles. The van der Waals surface area contributed by atoms with Crippen LogP contribution < -0.4 is 5.32 Å². The highest BCUT2D eigenvalue weighted by Crippen LogP contribution is 2.26. The number of aromatic amines is 1. The summed E-state index contributed by atoms with van der Waals surface area (Å²) in [7, 11) is 0. The molecule has 1 unspecified atom stereocenters. The molecule has 0 spiro atoms. The zero-order chi connectivity index (χ0) is 18.1. The zero-order valence-electron chi connectivity index (χ0n) is 13.0. The topological polar surface area (TPSA) is 57.8 Å². The Bertz CT molecular complexity index is 943. The van der Waals surface area contributed by atoms with Crippen LogP contribution in [0.3, 0.4) is 0 Å². The first-order valence-electron chi connectivity index (χ1n) is 7.39. The van der Waals surface area contributed by atoms with Gasteiger partial charge < -0.3 is 10.3 Å². The molecule has 1 heterocycles. The average Bonchev–Trinajstić information content (AvgIpc) is 3.00. The lowest BCUT2D eigenvalue weighted by Gasteiger charge is -2.15. The number of alkyl halides is 2. The number of hydrogen-bond donors (Lipinski definition) is 2. The number of rotatable bonds is 4. The minimum atomic E-state index is -2.70. The van der Waals surface area contributed by atoms with Crippen LogP contribution in [0.2, 0.25) is 10.0 Å². The minimum absolute atomic E-state index is 0.309. The van der Waals surface area contributed by atoms with Gasteiger partial charge in [0.15, 0.2) is 5.82 Å². The summed E-state index contributed by atoms with van der Waals surface area (Å²) in [6, 6.07) is 9.35. The van der Waals surface area contributed by atoms with Gasteiger partial charge in [0, 0.05) is 5.56 Å². The average molecular weight is 384 g/mol. The van der Waals surface area contributed by atoms with Crippen molar-refractivity contribution in [3.8, 4) is 0 Å².